The van der Waals surface area contributed by atoms with Gasteiger partial charge in [-0.1, -0.05) is 33.6 Å². The molecule has 0 aliphatic carbocycles. The van der Waals surface area contributed by atoms with E-state index in [1.807, 2.05) is 12.4 Å². The van der Waals surface area contributed by atoms with Crippen LogP contribution in [-0.2, 0) is 6.54 Å². The molecule has 0 fully saturated rings. The summed E-state index contributed by atoms with van der Waals surface area (Å²) >= 11 is 0. The minimum Gasteiger partial charge on any atom is -0.353 e. The number of aryl methyl sites for hydroxylation is 1. The van der Waals surface area contributed by atoms with E-state index in [9.17, 15) is 0 Å². The maximum absolute atomic E-state index is 4.37. The van der Waals surface area contributed by atoms with Crippen LogP contribution in [-0.4, -0.2) is 15.6 Å². The zero-order valence-corrected chi connectivity index (χ0v) is 11.7. The first-order valence-electron chi connectivity index (χ1n) is 6.91. The molecule has 1 heterocycles. The Morgan fingerprint density at radius 2 is 2.06 bits per heavy atom. The van der Waals surface area contributed by atoms with E-state index in [4.69, 9.17) is 0 Å². The maximum atomic E-state index is 4.37. The number of hydrogen-bond acceptors (Lipinski definition) is 2. The third kappa shape index (κ3) is 5.24. The fraction of sp³-hybridized carbons (Fsp3) is 0.786. The van der Waals surface area contributed by atoms with Crippen molar-refractivity contribution >= 4 is 5.95 Å². The second kappa shape index (κ2) is 7.36. The molecular weight excluding hydrogens is 210 g/mol. The lowest BCUT2D eigenvalue weighted by Gasteiger charge is -2.16. The standard InChI is InChI=1S/C14H27N3/c1-5-10-17-11-9-15-14(17)16-13(4)8-6-7-12(2)3/h9,11-13H,5-8,10H2,1-4H3,(H,15,16). The molecule has 0 spiro atoms. The van der Waals surface area contributed by atoms with Crippen molar-refractivity contribution in [2.75, 3.05) is 5.32 Å². The monoisotopic (exact) mass is 237 g/mol. The Balaban J connectivity index is 2.34. The number of anilines is 1. The number of rotatable bonds is 8. The Hall–Kier alpha value is -0.990. The van der Waals surface area contributed by atoms with Crippen molar-refractivity contribution in [2.24, 2.45) is 5.92 Å². The molecule has 0 amide bonds. The Labute approximate surface area is 106 Å². The van der Waals surface area contributed by atoms with Crippen LogP contribution in [0.1, 0.15) is 53.4 Å². The topological polar surface area (TPSA) is 29.9 Å². The zero-order chi connectivity index (χ0) is 12.7. The predicted molar refractivity (Wildman–Crippen MR) is 74.3 cm³/mol. The number of hydrogen-bond donors (Lipinski definition) is 1. The second-order valence-electron chi connectivity index (χ2n) is 5.31. The summed E-state index contributed by atoms with van der Waals surface area (Å²) in [5.74, 6) is 1.83. The van der Waals surface area contributed by atoms with Gasteiger partial charge in [-0.3, -0.25) is 0 Å². The lowest BCUT2D eigenvalue weighted by molar-refractivity contribution is 0.518. The molecule has 3 heteroatoms. The van der Waals surface area contributed by atoms with Gasteiger partial charge < -0.3 is 9.88 Å². The van der Waals surface area contributed by atoms with E-state index in [2.05, 4.69) is 42.6 Å². The Morgan fingerprint density at radius 3 is 2.71 bits per heavy atom. The third-order valence-electron chi connectivity index (χ3n) is 2.97. The molecule has 3 nitrogen and oxygen atoms in total. The largest absolute Gasteiger partial charge is 0.353 e. The number of imidazole rings is 1. The lowest BCUT2D eigenvalue weighted by atomic mass is 10.0. The highest BCUT2D eigenvalue weighted by atomic mass is 15.2. The molecule has 0 aliphatic rings. The molecule has 1 rings (SSSR count). The second-order valence-corrected chi connectivity index (χ2v) is 5.31. The molecule has 1 aromatic rings. The van der Waals surface area contributed by atoms with Gasteiger partial charge in [0.1, 0.15) is 0 Å². The van der Waals surface area contributed by atoms with Crippen LogP contribution >= 0.6 is 0 Å². The van der Waals surface area contributed by atoms with Crippen molar-refractivity contribution < 1.29 is 0 Å². The van der Waals surface area contributed by atoms with Gasteiger partial charge in [-0.05, 0) is 25.7 Å². The van der Waals surface area contributed by atoms with Gasteiger partial charge in [0.25, 0.3) is 0 Å². The molecule has 1 N–H and O–H groups in total. The summed E-state index contributed by atoms with van der Waals surface area (Å²) in [5.41, 5.74) is 0. The molecule has 0 aliphatic heterocycles. The van der Waals surface area contributed by atoms with Crippen molar-refractivity contribution in [2.45, 2.75) is 66.0 Å². The van der Waals surface area contributed by atoms with Gasteiger partial charge in [-0.25, -0.2) is 4.98 Å². The fourth-order valence-electron chi connectivity index (χ4n) is 2.00. The van der Waals surface area contributed by atoms with Gasteiger partial charge in [0, 0.05) is 25.0 Å². The molecular formula is C14H27N3. The van der Waals surface area contributed by atoms with Crippen molar-refractivity contribution in [3.63, 3.8) is 0 Å². The van der Waals surface area contributed by atoms with Gasteiger partial charge in [-0.2, -0.15) is 0 Å². The summed E-state index contributed by atoms with van der Waals surface area (Å²) in [7, 11) is 0. The highest BCUT2D eigenvalue weighted by Crippen LogP contribution is 2.12. The summed E-state index contributed by atoms with van der Waals surface area (Å²) in [6, 6.07) is 0.506. The van der Waals surface area contributed by atoms with Gasteiger partial charge in [0.2, 0.25) is 5.95 Å². The maximum Gasteiger partial charge on any atom is 0.202 e. The first-order chi connectivity index (χ1) is 8.13. The number of aromatic nitrogens is 2. The third-order valence-corrected chi connectivity index (χ3v) is 2.97. The molecule has 0 radical (unpaired) electrons. The van der Waals surface area contributed by atoms with E-state index in [1.54, 1.807) is 0 Å². The normalized spacial score (nSPS) is 13.0. The van der Waals surface area contributed by atoms with Crippen LogP contribution in [0.15, 0.2) is 12.4 Å². The summed E-state index contributed by atoms with van der Waals surface area (Å²) in [4.78, 5) is 4.37. The van der Waals surface area contributed by atoms with Crippen molar-refractivity contribution in [1.29, 1.82) is 0 Å². The van der Waals surface area contributed by atoms with Crippen LogP contribution in [0, 0.1) is 5.92 Å². The molecule has 0 bridgehead atoms. The van der Waals surface area contributed by atoms with Crippen LogP contribution < -0.4 is 5.32 Å². The Bertz CT molecular complexity index is 304. The fourth-order valence-corrected chi connectivity index (χ4v) is 2.00. The molecule has 1 atom stereocenters. The highest BCUT2D eigenvalue weighted by Gasteiger charge is 2.06. The Kier molecular flexibility index (Phi) is 6.09. The van der Waals surface area contributed by atoms with Crippen LogP contribution in [0.5, 0.6) is 0 Å². The SMILES string of the molecule is CCCn1ccnc1NC(C)CCCC(C)C. The first-order valence-corrected chi connectivity index (χ1v) is 6.91. The van der Waals surface area contributed by atoms with E-state index >= 15 is 0 Å². The molecule has 1 unspecified atom stereocenters. The smallest absolute Gasteiger partial charge is 0.202 e. The first kappa shape index (κ1) is 14.1. The number of nitrogens with one attached hydrogen (secondary N) is 1. The minimum absolute atomic E-state index is 0.506. The quantitative estimate of drug-likeness (QED) is 0.742. The van der Waals surface area contributed by atoms with Gasteiger partial charge in [0.15, 0.2) is 0 Å². The van der Waals surface area contributed by atoms with E-state index in [0.717, 1.165) is 24.8 Å². The van der Waals surface area contributed by atoms with Gasteiger partial charge in [0.05, 0.1) is 0 Å². The van der Waals surface area contributed by atoms with E-state index in [0.29, 0.717) is 6.04 Å². The van der Waals surface area contributed by atoms with E-state index in [1.165, 1.54) is 19.3 Å². The molecule has 98 valence electrons. The summed E-state index contributed by atoms with van der Waals surface area (Å²) in [5, 5.41) is 3.50. The van der Waals surface area contributed by atoms with E-state index < -0.39 is 0 Å². The molecule has 0 saturated carbocycles. The van der Waals surface area contributed by atoms with Crippen molar-refractivity contribution in [3.8, 4) is 0 Å². The average molecular weight is 237 g/mol. The highest BCUT2D eigenvalue weighted by molar-refractivity contribution is 5.27. The summed E-state index contributed by atoms with van der Waals surface area (Å²) < 4.78 is 2.19. The summed E-state index contributed by atoms with van der Waals surface area (Å²) in [6.07, 6.45) is 8.89. The van der Waals surface area contributed by atoms with Crippen molar-refractivity contribution in [3.05, 3.63) is 12.4 Å². The lowest BCUT2D eigenvalue weighted by Crippen LogP contribution is -2.18. The molecule has 17 heavy (non-hydrogen) atoms. The predicted octanol–water partition coefficient (Wildman–Crippen LogP) is 3.92. The van der Waals surface area contributed by atoms with Gasteiger partial charge >= 0.3 is 0 Å². The van der Waals surface area contributed by atoms with Crippen molar-refractivity contribution in [1.82, 2.24) is 9.55 Å². The van der Waals surface area contributed by atoms with Crippen LogP contribution in [0.2, 0.25) is 0 Å². The molecule has 1 aromatic heterocycles. The minimum atomic E-state index is 0.506. The number of nitrogens with zero attached hydrogens (tertiary/aromatic N) is 2. The molecule has 0 aromatic carbocycles. The zero-order valence-electron chi connectivity index (χ0n) is 11.7. The Morgan fingerprint density at radius 1 is 1.29 bits per heavy atom. The molecule has 0 saturated heterocycles. The average Bonchev–Trinajstić information content (AvgIpc) is 2.66. The van der Waals surface area contributed by atoms with Gasteiger partial charge in [-0.15, -0.1) is 0 Å². The summed E-state index contributed by atoms with van der Waals surface area (Å²) in [6.45, 7) is 10.0. The van der Waals surface area contributed by atoms with Crippen LogP contribution in [0.4, 0.5) is 5.95 Å². The van der Waals surface area contributed by atoms with Crippen LogP contribution in [0.25, 0.3) is 0 Å². The van der Waals surface area contributed by atoms with E-state index in [-0.39, 0.29) is 0 Å². The van der Waals surface area contributed by atoms with Crippen LogP contribution in [0.3, 0.4) is 0 Å².